The summed E-state index contributed by atoms with van der Waals surface area (Å²) in [7, 11) is -3.47. The molecule has 6 nitrogen and oxygen atoms in total. The van der Waals surface area contributed by atoms with Crippen LogP contribution in [0.5, 0.6) is 0 Å². The highest BCUT2D eigenvalue weighted by molar-refractivity contribution is 9.10. The van der Waals surface area contributed by atoms with Gasteiger partial charge >= 0.3 is 6.09 Å². The van der Waals surface area contributed by atoms with Crippen molar-refractivity contribution in [2.75, 3.05) is 5.75 Å². The third-order valence-corrected chi connectivity index (χ3v) is 6.26. The number of aromatic nitrogens is 1. The molecule has 0 saturated carbocycles. The number of nitrogens with one attached hydrogen (secondary N) is 1. The highest BCUT2D eigenvalue weighted by atomic mass is 79.9. The van der Waals surface area contributed by atoms with Crippen molar-refractivity contribution in [1.29, 1.82) is 0 Å². The molecule has 0 aliphatic heterocycles. The summed E-state index contributed by atoms with van der Waals surface area (Å²) in [6, 6.07) is 2.91. The van der Waals surface area contributed by atoms with Crippen molar-refractivity contribution in [1.82, 2.24) is 10.3 Å². The summed E-state index contributed by atoms with van der Waals surface area (Å²) >= 11 is 3.23. The Morgan fingerprint density at radius 1 is 1.25 bits per heavy atom. The molecule has 0 saturated heterocycles. The van der Waals surface area contributed by atoms with Crippen LogP contribution in [0.1, 0.15) is 45.4 Å². The molecule has 1 aromatic heterocycles. The molecule has 0 bridgehead atoms. The van der Waals surface area contributed by atoms with Crippen LogP contribution in [0, 0.1) is 5.92 Å². The number of halogens is 1. The van der Waals surface area contributed by atoms with E-state index in [1.165, 1.54) is 6.20 Å². The van der Waals surface area contributed by atoms with Gasteiger partial charge in [-0.05, 0) is 54.2 Å². The maximum absolute atomic E-state index is 12.7. The number of sulfone groups is 1. The second kappa shape index (κ2) is 8.80. The summed E-state index contributed by atoms with van der Waals surface area (Å²) in [5.74, 6) is -0.204. The van der Waals surface area contributed by atoms with Crippen LogP contribution >= 0.6 is 15.9 Å². The summed E-state index contributed by atoms with van der Waals surface area (Å²) in [6.45, 7) is 8.83. The van der Waals surface area contributed by atoms with Crippen LogP contribution in [0.4, 0.5) is 4.79 Å². The molecule has 1 aromatic rings. The number of nitrogens with zero attached hydrogens (tertiary/aromatic N) is 1. The Labute approximate surface area is 152 Å². The van der Waals surface area contributed by atoms with Gasteiger partial charge in [-0.25, -0.2) is 18.2 Å². The summed E-state index contributed by atoms with van der Waals surface area (Å²) in [5.41, 5.74) is 0.616. The van der Waals surface area contributed by atoms with Crippen LogP contribution < -0.4 is 5.32 Å². The van der Waals surface area contributed by atoms with Crippen molar-refractivity contribution < 1.29 is 17.9 Å². The monoisotopic (exact) mass is 420 g/mol. The Morgan fingerprint density at radius 2 is 1.88 bits per heavy atom. The Morgan fingerprint density at radius 3 is 2.33 bits per heavy atom. The molecular formula is C16H25BrN2O4S. The molecule has 8 heteroatoms. The van der Waals surface area contributed by atoms with Crippen molar-refractivity contribution in [3.8, 4) is 0 Å². The van der Waals surface area contributed by atoms with Gasteiger partial charge in [-0.1, -0.05) is 19.9 Å². The van der Waals surface area contributed by atoms with Crippen LogP contribution in [0.25, 0.3) is 0 Å². The van der Waals surface area contributed by atoms with E-state index in [1.807, 2.05) is 13.8 Å². The average Bonchev–Trinajstić information content (AvgIpc) is 2.45. The molecule has 0 aliphatic rings. The van der Waals surface area contributed by atoms with E-state index in [2.05, 4.69) is 26.2 Å². The zero-order valence-electron chi connectivity index (χ0n) is 14.6. The van der Waals surface area contributed by atoms with E-state index < -0.39 is 27.2 Å². The van der Waals surface area contributed by atoms with Gasteiger partial charge < -0.3 is 10.1 Å². The molecule has 1 amide bonds. The highest BCUT2D eigenvalue weighted by Crippen LogP contribution is 2.24. The first-order valence-corrected chi connectivity index (χ1v) is 10.3. The van der Waals surface area contributed by atoms with Crippen molar-refractivity contribution in [3.63, 3.8) is 0 Å². The Balaban J connectivity index is 2.87. The lowest BCUT2D eigenvalue weighted by atomic mass is 10.1. The molecule has 2 unspecified atom stereocenters. The summed E-state index contributed by atoms with van der Waals surface area (Å²) in [5, 5.41) is 1.95. The van der Waals surface area contributed by atoms with E-state index in [4.69, 9.17) is 4.74 Å². The van der Waals surface area contributed by atoms with Gasteiger partial charge in [0, 0.05) is 12.2 Å². The fourth-order valence-corrected chi connectivity index (χ4v) is 4.08. The summed E-state index contributed by atoms with van der Waals surface area (Å²) in [6.07, 6.45) is 0.677. The maximum atomic E-state index is 12.7. The smallest absolute Gasteiger partial charge is 0.407 e. The number of rotatable bonds is 7. The van der Waals surface area contributed by atoms with Crippen molar-refractivity contribution in [3.05, 3.63) is 28.5 Å². The number of hydrogen-bond donors (Lipinski definition) is 1. The standard InChI is InChI=1S/C16H25BrN2O4S/c1-10(2)14(19-16(20)23-11(3)4)9-24(21,22)12(5)13-6-7-15(17)18-8-13/h6-8,10-12,14H,9H2,1-5H3,(H,19,20). The van der Waals surface area contributed by atoms with Gasteiger partial charge in [0.1, 0.15) is 4.60 Å². The van der Waals surface area contributed by atoms with Gasteiger partial charge in [0.15, 0.2) is 9.84 Å². The van der Waals surface area contributed by atoms with Gasteiger partial charge in [0.05, 0.1) is 17.1 Å². The molecule has 1 N–H and O–H groups in total. The van der Waals surface area contributed by atoms with Crippen molar-refractivity contribution >= 4 is 31.9 Å². The molecule has 0 radical (unpaired) electrons. The zero-order chi connectivity index (χ0) is 18.5. The van der Waals surface area contributed by atoms with Gasteiger partial charge in [-0.3, -0.25) is 0 Å². The predicted molar refractivity (Wildman–Crippen MR) is 97.5 cm³/mol. The molecular weight excluding hydrogens is 396 g/mol. The zero-order valence-corrected chi connectivity index (χ0v) is 17.0. The van der Waals surface area contributed by atoms with Gasteiger partial charge in [0.2, 0.25) is 0 Å². The molecule has 0 spiro atoms. The minimum Gasteiger partial charge on any atom is -0.447 e. The number of alkyl carbamates (subject to hydrolysis) is 1. The van der Waals surface area contributed by atoms with Crippen LogP contribution in [0.15, 0.2) is 22.9 Å². The fourth-order valence-electron chi connectivity index (χ4n) is 2.03. The van der Waals surface area contributed by atoms with Crippen LogP contribution in [0.3, 0.4) is 0 Å². The lowest BCUT2D eigenvalue weighted by molar-refractivity contribution is 0.111. The summed E-state index contributed by atoms with van der Waals surface area (Å²) in [4.78, 5) is 15.9. The van der Waals surface area contributed by atoms with Crippen LogP contribution in [0.2, 0.25) is 0 Å². The number of pyridine rings is 1. The molecule has 2 atom stereocenters. The topological polar surface area (TPSA) is 85.4 Å². The summed E-state index contributed by atoms with van der Waals surface area (Å²) < 4.78 is 31.1. The SMILES string of the molecule is CC(C)OC(=O)NC(CS(=O)(=O)C(C)c1ccc(Br)nc1)C(C)C. The van der Waals surface area contributed by atoms with Gasteiger partial charge in [-0.15, -0.1) is 0 Å². The Kier molecular flexibility index (Phi) is 7.66. The number of carbonyl (C=O) groups is 1. The lowest BCUT2D eigenvalue weighted by Gasteiger charge is -2.24. The third-order valence-electron chi connectivity index (χ3n) is 3.62. The Bertz CT molecular complexity index is 645. The molecule has 136 valence electrons. The van der Waals surface area contributed by atoms with E-state index >= 15 is 0 Å². The Hall–Kier alpha value is -1.15. The molecule has 0 aromatic carbocycles. The van der Waals surface area contributed by atoms with Gasteiger partial charge in [-0.2, -0.15) is 0 Å². The first-order chi connectivity index (χ1) is 11.0. The largest absolute Gasteiger partial charge is 0.447 e. The van der Waals surface area contributed by atoms with Crippen molar-refractivity contribution in [2.24, 2.45) is 5.92 Å². The molecule has 0 fully saturated rings. The minimum absolute atomic E-state index is 0.0465. The van der Waals surface area contributed by atoms with Crippen LogP contribution in [-0.2, 0) is 14.6 Å². The first kappa shape index (κ1) is 20.9. The average molecular weight is 421 g/mol. The second-order valence-corrected chi connectivity index (χ2v) is 9.51. The molecule has 0 aliphatic carbocycles. The number of ether oxygens (including phenoxy) is 1. The molecule has 1 rings (SSSR count). The van der Waals surface area contributed by atoms with Gasteiger partial charge in [0.25, 0.3) is 0 Å². The number of carbonyl (C=O) groups excluding carboxylic acids is 1. The molecule has 24 heavy (non-hydrogen) atoms. The fraction of sp³-hybridized carbons (Fsp3) is 0.625. The van der Waals surface area contributed by atoms with Crippen LogP contribution in [-0.4, -0.2) is 37.4 Å². The van der Waals surface area contributed by atoms with E-state index in [1.54, 1.807) is 32.9 Å². The van der Waals surface area contributed by atoms with E-state index in [0.29, 0.717) is 10.2 Å². The molecule has 1 heterocycles. The number of amides is 1. The van der Waals surface area contributed by atoms with E-state index in [-0.39, 0.29) is 17.8 Å². The maximum Gasteiger partial charge on any atom is 0.407 e. The van der Waals surface area contributed by atoms with E-state index in [0.717, 1.165) is 0 Å². The third kappa shape index (κ3) is 6.39. The van der Waals surface area contributed by atoms with Crippen molar-refractivity contribution in [2.45, 2.75) is 52.0 Å². The second-order valence-electron chi connectivity index (χ2n) is 6.33. The minimum atomic E-state index is -3.47. The number of hydrogen-bond acceptors (Lipinski definition) is 5. The predicted octanol–water partition coefficient (Wildman–Crippen LogP) is 3.48. The first-order valence-electron chi connectivity index (χ1n) is 7.83. The quantitative estimate of drug-likeness (QED) is 0.682. The lowest BCUT2D eigenvalue weighted by Crippen LogP contribution is -2.44. The highest BCUT2D eigenvalue weighted by Gasteiger charge is 2.29. The van der Waals surface area contributed by atoms with E-state index in [9.17, 15) is 13.2 Å². The normalized spacial score (nSPS) is 14.5.